The third-order valence-electron chi connectivity index (χ3n) is 4.14. The minimum absolute atomic E-state index is 0.112. The topological polar surface area (TPSA) is 55.6 Å². The van der Waals surface area contributed by atoms with Crippen molar-refractivity contribution in [2.45, 2.75) is 32.2 Å². The summed E-state index contributed by atoms with van der Waals surface area (Å²) in [5.74, 6) is 1.21. The number of likely N-dealkylation sites (tertiary alicyclic amines) is 1. The largest absolute Gasteiger partial charge is 0.496 e. The Bertz CT molecular complexity index is 505. The maximum atomic E-state index is 12.5. The Morgan fingerprint density at radius 2 is 2.33 bits per heavy atom. The maximum Gasteiger partial charge on any atom is 0.227 e. The number of amides is 1. The van der Waals surface area contributed by atoms with Crippen LogP contribution in [0.4, 0.5) is 0 Å². The number of ether oxygens (including phenoxy) is 1. The number of benzene rings is 1. The number of rotatable bonds is 4. The van der Waals surface area contributed by atoms with Crippen molar-refractivity contribution in [3.63, 3.8) is 0 Å². The molecule has 1 aromatic carbocycles. The number of carbonyl (C=O) groups excluding carboxylic acids is 1. The lowest BCUT2D eigenvalue weighted by Crippen LogP contribution is -2.45. The van der Waals surface area contributed by atoms with Gasteiger partial charge in [0.2, 0.25) is 5.91 Å². The highest BCUT2D eigenvalue weighted by Gasteiger charge is 2.26. The molecule has 4 nitrogen and oxygen atoms in total. The smallest absolute Gasteiger partial charge is 0.227 e. The van der Waals surface area contributed by atoms with Crippen LogP contribution in [0.5, 0.6) is 5.75 Å². The lowest BCUT2D eigenvalue weighted by Gasteiger charge is -2.34. The Balaban J connectivity index is 2.06. The van der Waals surface area contributed by atoms with Crippen molar-refractivity contribution in [3.8, 4) is 5.75 Å². The average molecular weight is 311 g/mol. The molecule has 1 aromatic rings. The number of hydrogen-bond acceptors (Lipinski definition) is 3. The summed E-state index contributed by atoms with van der Waals surface area (Å²) in [6.07, 6.45) is 2.43. The molecule has 116 valence electrons. The van der Waals surface area contributed by atoms with Crippen LogP contribution in [0.15, 0.2) is 18.2 Å². The van der Waals surface area contributed by atoms with Gasteiger partial charge in [-0.25, -0.2) is 0 Å². The molecule has 2 atom stereocenters. The van der Waals surface area contributed by atoms with E-state index >= 15 is 0 Å². The van der Waals surface area contributed by atoms with Crippen LogP contribution in [0.1, 0.15) is 25.3 Å². The molecule has 0 spiro atoms. The zero-order valence-electron chi connectivity index (χ0n) is 12.6. The monoisotopic (exact) mass is 310 g/mol. The first-order chi connectivity index (χ1) is 10.0. The maximum absolute atomic E-state index is 12.5. The summed E-state index contributed by atoms with van der Waals surface area (Å²) in [5, 5.41) is 0.616. The molecule has 2 N–H and O–H groups in total. The molecule has 1 aliphatic rings. The van der Waals surface area contributed by atoms with E-state index in [2.05, 4.69) is 0 Å². The van der Waals surface area contributed by atoms with Gasteiger partial charge < -0.3 is 15.4 Å². The van der Waals surface area contributed by atoms with E-state index < -0.39 is 0 Å². The number of nitrogens with two attached hydrogens (primary N) is 1. The van der Waals surface area contributed by atoms with Gasteiger partial charge in [0, 0.05) is 29.7 Å². The van der Waals surface area contributed by atoms with Crippen LogP contribution in [0.2, 0.25) is 5.02 Å². The van der Waals surface area contributed by atoms with Crippen LogP contribution in [0.3, 0.4) is 0 Å². The number of halogens is 1. The fourth-order valence-corrected chi connectivity index (χ4v) is 3.02. The van der Waals surface area contributed by atoms with Crippen LogP contribution < -0.4 is 10.5 Å². The van der Waals surface area contributed by atoms with Gasteiger partial charge in [-0.2, -0.15) is 0 Å². The Kier molecular flexibility index (Phi) is 5.48. The zero-order valence-corrected chi connectivity index (χ0v) is 13.4. The molecule has 2 unspecified atom stereocenters. The number of carbonyl (C=O) groups is 1. The van der Waals surface area contributed by atoms with Gasteiger partial charge in [0.15, 0.2) is 0 Å². The highest BCUT2D eigenvalue weighted by Crippen LogP contribution is 2.25. The molecule has 1 amide bonds. The predicted octanol–water partition coefficient (Wildman–Crippen LogP) is 2.48. The number of hydrogen-bond donors (Lipinski definition) is 1. The molecule has 0 bridgehead atoms. The minimum Gasteiger partial charge on any atom is -0.496 e. The van der Waals surface area contributed by atoms with Gasteiger partial charge in [0.25, 0.3) is 0 Å². The van der Waals surface area contributed by atoms with Crippen molar-refractivity contribution < 1.29 is 9.53 Å². The summed E-state index contributed by atoms with van der Waals surface area (Å²) in [6, 6.07) is 5.49. The van der Waals surface area contributed by atoms with Crippen LogP contribution >= 0.6 is 11.6 Å². The third kappa shape index (κ3) is 4.11. The van der Waals surface area contributed by atoms with Gasteiger partial charge in [-0.3, -0.25) is 4.79 Å². The molecule has 0 saturated carbocycles. The average Bonchev–Trinajstić information content (AvgIpc) is 2.47. The Labute approximate surface area is 131 Å². The summed E-state index contributed by atoms with van der Waals surface area (Å²) in [5.41, 5.74) is 6.80. The fraction of sp³-hybridized carbons (Fsp3) is 0.562. The van der Waals surface area contributed by atoms with E-state index in [0.29, 0.717) is 23.1 Å². The first kappa shape index (κ1) is 16.1. The van der Waals surface area contributed by atoms with Crippen LogP contribution in [-0.4, -0.2) is 37.0 Å². The van der Waals surface area contributed by atoms with E-state index in [-0.39, 0.29) is 11.9 Å². The molecule has 1 heterocycles. The van der Waals surface area contributed by atoms with Gasteiger partial charge in [-0.15, -0.1) is 0 Å². The molecule has 0 radical (unpaired) electrons. The van der Waals surface area contributed by atoms with Crippen molar-refractivity contribution in [1.29, 1.82) is 0 Å². The van der Waals surface area contributed by atoms with E-state index in [0.717, 1.165) is 31.5 Å². The normalized spacial score (nSPS) is 20.2. The Morgan fingerprint density at radius 1 is 1.57 bits per heavy atom. The van der Waals surface area contributed by atoms with Crippen molar-refractivity contribution in [2.24, 2.45) is 11.7 Å². The second-order valence-electron chi connectivity index (χ2n) is 5.73. The quantitative estimate of drug-likeness (QED) is 0.929. The molecule has 2 rings (SSSR count). The van der Waals surface area contributed by atoms with Gasteiger partial charge in [-0.1, -0.05) is 11.6 Å². The Hall–Kier alpha value is -1.26. The summed E-state index contributed by atoms with van der Waals surface area (Å²) in [4.78, 5) is 14.4. The standard InChI is InChI=1S/C16H23ClN2O2/c1-11(18)12-4-3-7-19(10-12)16(20)9-13-8-14(17)5-6-15(13)21-2/h5-6,8,11-12H,3-4,7,9-10,18H2,1-2H3. The molecular formula is C16H23ClN2O2. The summed E-state index contributed by atoms with van der Waals surface area (Å²) in [6.45, 7) is 3.57. The molecular weight excluding hydrogens is 288 g/mol. The predicted molar refractivity (Wildman–Crippen MR) is 84.7 cm³/mol. The van der Waals surface area contributed by atoms with E-state index in [1.807, 2.05) is 11.8 Å². The SMILES string of the molecule is COc1ccc(Cl)cc1CC(=O)N1CCCC(C(C)N)C1. The van der Waals surface area contributed by atoms with Crippen molar-refractivity contribution in [2.75, 3.05) is 20.2 Å². The van der Waals surface area contributed by atoms with Crippen LogP contribution in [0.25, 0.3) is 0 Å². The summed E-state index contributed by atoms with van der Waals surface area (Å²) in [7, 11) is 1.60. The number of methoxy groups -OCH3 is 1. The van der Waals surface area contributed by atoms with E-state index in [1.54, 1.807) is 25.3 Å². The molecule has 1 saturated heterocycles. The second kappa shape index (κ2) is 7.14. The third-order valence-corrected chi connectivity index (χ3v) is 4.37. The summed E-state index contributed by atoms with van der Waals surface area (Å²) >= 11 is 6.01. The highest BCUT2D eigenvalue weighted by molar-refractivity contribution is 6.30. The number of nitrogens with zero attached hydrogens (tertiary/aromatic N) is 1. The lowest BCUT2D eigenvalue weighted by atomic mass is 9.92. The van der Waals surface area contributed by atoms with E-state index in [4.69, 9.17) is 22.1 Å². The molecule has 1 aliphatic heterocycles. The first-order valence-electron chi connectivity index (χ1n) is 7.37. The van der Waals surface area contributed by atoms with Gasteiger partial charge in [-0.05, 0) is 43.9 Å². The first-order valence-corrected chi connectivity index (χ1v) is 7.75. The van der Waals surface area contributed by atoms with Crippen LogP contribution in [0, 0.1) is 5.92 Å². The van der Waals surface area contributed by atoms with Gasteiger partial charge in [0.05, 0.1) is 13.5 Å². The van der Waals surface area contributed by atoms with E-state index in [9.17, 15) is 4.79 Å². The zero-order chi connectivity index (χ0) is 15.4. The molecule has 0 aromatic heterocycles. The molecule has 1 fully saturated rings. The molecule has 5 heteroatoms. The molecule has 0 aliphatic carbocycles. The van der Waals surface area contributed by atoms with E-state index in [1.165, 1.54) is 0 Å². The van der Waals surface area contributed by atoms with Crippen molar-refractivity contribution >= 4 is 17.5 Å². The van der Waals surface area contributed by atoms with Crippen molar-refractivity contribution in [1.82, 2.24) is 4.90 Å². The second-order valence-corrected chi connectivity index (χ2v) is 6.17. The fourth-order valence-electron chi connectivity index (χ4n) is 2.83. The molecule has 21 heavy (non-hydrogen) atoms. The summed E-state index contributed by atoms with van der Waals surface area (Å²) < 4.78 is 5.30. The Morgan fingerprint density at radius 3 is 3.00 bits per heavy atom. The van der Waals surface area contributed by atoms with Gasteiger partial charge in [0.1, 0.15) is 5.75 Å². The lowest BCUT2D eigenvalue weighted by molar-refractivity contribution is -0.132. The minimum atomic E-state index is 0.112. The highest BCUT2D eigenvalue weighted by atomic mass is 35.5. The van der Waals surface area contributed by atoms with Gasteiger partial charge >= 0.3 is 0 Å². The van der Waals surface area contributed by atoms with Crippen LogP contribution in [-0.2, 0) is 11.2 Å². The number of piperidine rings is 1. The van der Waals surface area contributed by atoms with Crippen molar-refractivity contribution in [3.05, 3.63) is 28.8 Å².